The highest BCUT2D eigenvalue weighted by atomic mass is 35.5. The lowest BCUT2D eigenvalue weighted by atomic mass is 10.1. The summed E-state index contributed by atoms with van der Waals surface area (Å²) in [6.45, 7) is 1.39. The number of aliphatic imine (C=N–C) groups is 1. The van der Waals surface area contributed by atoms with Crippen LogP contribution in [0, 0.1) is 0 Å². The molecule has 4 rings (SSSR count). The molecule has 0 radical (unpaired) electrons. The highest BCUT2D eigenvalue weighted by Gasteiger charge is 2.42. The van der Waals surface area contributed by atoms with Crippen LogP contribution in [-0.2, 0) is 17.9 Å². The van der Waals surface area contributed by atoms with Crippen molar-refractivity contribution in [2.45, 2.75) is 19.3 Å². The van der Waals surface area contributed by atoms with Gasteiger partial charge in [0.15, 0.2) is 0 Å². The number of fused-ring (bicyclic) bond motifs is 2. The third kappa shape index (κ3) is 2.63. The summed E-state index contributed by atoms with van der Waals surface area (Å²) in [5.74, 6) is 0.571. The number of rotatable bonds is 4. The van der Waals surface area contributed by atoms with Crippen molar-refractivity contribution in [1.29, 1.82) is 0 Å². The maximum Gasteiger partial charge on any atom is 0.279 e. The van der Waals surface area contributed by atoms with Gasteiger partial charge in [0.25, 0.3) is 5.91 Å². The molecule has 2 aromatic rings. The van der Waals surface area contributed by atoms with Crippen LogP contribution in [0.5, 0.6) is 5.75 Å². The molecule has 9 heteroatoms. The van der Waals surface area contributed by atoms with Gasteiger partial charge >= 0.3 is 0 Å². The molecular formula is C16H16ClN5O3. The number of halogens is 1. The second-order valence-electron chi connectivity index (χ2n) is 5.83. The topological polar surface area (TPSA) is 83.2 Å². The standard InChI is InChI=1S/C16H16ClN5O3/c1-20-14(23)15(24)22-8-10-11(19-16(20)22)2-3-12(13(10)17)25-7-6-21-5-4-18-9-21/h2-5,9,15,24H,6-8H2,1H3. The minimum absolute atomic E-state index is 0.295. The average Bonchev–Trinajstić information content (AvgIpc) is 3.20. The van der Waals surface area contributed by atoms with Crippen LogP contribution < -0.4 is 4.74 Å². The van der Waals surface area contributed by atoms with Gasteiger partial charge in [-0.15, -0.1) is 0 Å². The molecule has 1 amide bonds. The lowest BCUT2D eigenvalue weighted by Gasteiger charge is -2.27. The summed E-state index contributed by atoms with van der Waals surface area (Å²) in [4.78, 5) is 23.2. The number of hydrogen-bond acceptors (Lipinski definition) is 6. The molecule has 1 aromatic heterocycles. The highest BCUT2D eigenvalue weighted by Crippen LogP contribution is 2.40. The Morgan fingerprint density at radius 1 is 1.44 bits per heavy atom. The third-order valence-corrected chi connectivity index (χ3v) is 4.72. The van der Waals surface area contributed by atoms with Crippen molar-refractivity contribution in [2.24, 2.45) is 4.99 Å². The summed E-state index contributed by atoms with van der Waals surface area (Å²) in [5.41, 5.74) is 1.40. The number of nitrogens with zero attached hydrogens (tertiary/aromatic N) is 5. The Hall–Kier alpha value is -2.58. The van der Waals surface area contributed by atoms with Crippen molar-refractivity contribution in [2.75, 3.05) is 13.7 Å². The lowest BCUT2D eigenvalue weighted by molar-refractivity contribution is -0.136. The van der Waals surface area contributed by atoms with Crippen LogP contribution in [0.15, 0.2) is 35.8 Å². The number of aromatic nitrogens is 2. The van der Waals surface area contributed by atoms with E-state index in [2.05, 4.69) is 9.98 Å². The van der Waals surface area contributed by atoms with Gasteiger partial charge in [-0.05, 0) is 12.1 Å². The van der Waals surface area contributed by atoms with Crippen LogP contribution in [0.2, 0.25) is 5.02 Å². The molecule has 2 aliphatic rings. The van der Waals surface area contributed by atoms with E-state index in [-0.39, 0.29) is 0 Å². The Bertz CT molecular complexity index is 852. The molecule has 0 spiro atoms. The van der Waals surface area contributed by atoms with Gasteiger partial charge in [-0.1, -0.05) is 11.6 Å². The van der Waals surface area contributed by atoms with Gasteiger partial charge in [-0.2, -0.15) is 0 Å². The molecule has 0 bridgehead atoms. The van der Waals surface area contributed by atoms with E-state index in [1.807, 2.05) is 10.8 Å². The van der Waals surface area contributed by atoms with Crippen LogP contribution in [0.3, 0.4) is 0 Å². The van der Waals surface area contributed by atoms with Crippen LogP contribution in [0.4, 0.5) is 5.69 Å². The SMILES string of the molecule is CN1C(=O)C(O)N2Cc3c(ccc(OCCn4ccnc4)c3Cl)N=C12. The van der Waals surface area contributed by atoms with E-state index in [1.165, 1.54) is 9.80 Å². The van der Waals surface area contributed by atoms with E-state index in [9.17, 15) is 9.90 Å². The van der Waals surface area contributed by atoms with Crippen LogP contribution in [0.25, 0.3) is 0 Å². The van der Waals surface area contributed by atoms with E-state index >= 15 is 0 Å². The molecule has 25 heavy (non-hydrogen) atoms. The maximum absolute atomic E-state index is 11.9. The number of carbonyl (C=O) groups excluding carboxylic acids is 1. The first-order valence-electron chi connectivity index (χ1n) is 7.77. The Morgan fingerprint density at radius 2 is 2.28 bits per heavy atom. The number of ether oxygens (including phenoxy) is 1. The summed E-state index contributed by atoms with van der Waals surface area (Å²) >= 11 is 6.48. The largest absolute Gasteiger partial charge is 0.490 e. The van der Waals surface area contributed by atoms with Crippen molar-refractivity contribution in [1.82, 2.24) is 19.4 Å². The number of imidazole rings is 1. The molecule has 1 saturated heterocycles. The molecule has 130 valence electrons. The number of benzene rings is 1. The fraction of sp³-hybridized carbons (Fsp3) is 0.312. The quantitative estimate of drug-likeness (QED) is 0.885. The second kappa shape index (κ2) is 6.05. The Kier molecular flexibility index (Phi) is 3.85. The minimum Gasteiger partial charge on any atom is -0.490 e. The minimum atomic E-state index is -1.24. The molecule has 1 N–H and O–H groups in total. The molecule has 0 saturated carbocycles. The molecule has 1 aromatic carbocycles. The summed E-state index contributed by atoms with van der Waals surface area (Å²) in [6.07, 6.45) is 4.05. The monoisotopic (exact) mass is 361 g/mol. The highest BCUT2D eigenvalue weighted by molar-refractivity contribution is 6.33. The second-order valence-corrected chi connectivity index (χ2v) is 6.21. The number of guanidine groups is 1. The van der Waals surface area contributed by atoms with E-state index < -0.39 is 12.1 Å². The normalized spacial score (nSPS) is 18.9. The molecule has 0 aliphatic carbocycles. The molecule has 1 unspecified atom stereocenters. The summed E-state index contributed by atoms with van der Waals surface area (Å²) < 4.78 is 7.68. The average molecular weight is 362 g/mol. The number of aliphatic hydroxyl groups is 1. The van der Waals surface area contributed by atoms with Gasteiger partial charge in [0.1, 0.15) is 12.4 Å². The predicted molar refractivity (Wildman–Crippen MR) is 90.6 cm³/mol. The Morgan fingerprint density at radius 3 is 3.04 bits per heavy atom. The van der Waals surface area contributed by atoms with Crippen LogP contribution in [-0.4, -0.2) is 56.2 Å². The summed E-state index contributed by atoms with van der Waals surface area (Å²) in [5, 5.41) is 10.5. The van der Waals surface area contributed by atoms with Gasteiger partial charge in [0.05, 0.1) is 30.1 Å². The lowest BCUT2D eigenvalue weighted by Crippen LogP contribution is -2.37. The molecule has 1 fully saturated rings. The van der Waals surface area contributed by atoms with E-state index in [0.717, 1.165) is 5.56 Å². The van der Waals surface area contributed by atoms with Crippen molar-refractivity contribution in [3.8, 4) is 5.75 Å². The van der Waals surface area contributed by atoms with Crippen molar-refractivity contribution >= 4 is 29.2 Å². The van der Waals surface area contributed by atoms with E-state index in [4.69, 9.17) is 16.3 Å². The molecular weight excluding hydrogens is 346 g/mol. The first kappa shape index (κ1) is 15.9. The first-order chi connectivity index (χ1) is 12.1. The maximum atomic E-state index is 11.9. The van der Waals surface area contributed by atoms with Gasteiger partial charge in [-0.3, -0.25) is 9.69 Å². The van der Waals surface area contributed by atoms with Gasteiger partial charge in [-0.25, -0.2) is 9.98 Å². The fourth-order valence-electron chi connectivity index (χ4n) is 2.92. The molecule has 8 nitrogen and oxygen atoms in total. The van der Waals surface area contributed by atoms with E-state index in [1.54, 1.807) is 31.7 Å². The zero-order valence-corrected chi connectivity index (χ0v) is 14.2. The first-order valence-corrected chi connectivity index (χ1v) is 8.15. The van der Waals surface area contributed by atoms with Crippen molar-refractivity contribution < 1.29 is 14.6 Å². The van der Waals surface area contributed by atoms with Gasteiger partial charge in [0.2, 0.25) is 12.2 Å². The zero-order valence-electron chi connectivity index (χ0n) is 13.5. The zero-order chi connectivity index (χ0) is 17.6. The number of aliphatic hydroxyl groups excluding tert-OH is 1. The summed E-state index contributed by atoms with van der Waals surface area (Å²) in [7, 11) is 1.59. The fourth-order valence-corrected chi connectivity index (χ4v) is 3.19. The predicted octanol–water partition coefficient (Wildman–Crippen LogP) is 1.21. The smallest absolute Gasteiger partial charge is 0.279 e. The molecule has 2 aliphatic heterocycles. The van der Waals surface area contributed by atoms with Gasteiger partial charge in [0, 0.05) is 25.0 Å². The summed E-state index contributed by atoms with van der Waals surface area (Å²) in [6, 6.07) is 3.57. The number of likely N-dealkylation sites (N-methyl/N-ethyl adjacent to an activating group) is 1. The van der Waals surface area contributed by atoms with E-state index in [0.29, 0.717) is 42.1 Å². The van der Waals surface area contributed by atoms with Gasteiger partial charge < -0.3 is 19.3 Å². The molecule has 1 atom stereocenters. The number of amides is 1. The Balaban J connectivity index is 1.56. The molecule has 3 heterocycles. The van der Waals surface area contributed by atoms with Crippen molar-refractivity contribution in [3.05, 3.63) is 41.4 Å². The number of carbonyl (C=O) groups is 1. The van der Waals surface area contributed by atoms with Crippen molar-refractivity contribution in [3.63, 3.8) is 0 Å². The number of hydrogen-bond donors (Lipinski definition) is 1. The van der Waals surface area contributed by atoms with Crippen LogP contribution in [0.1, 0.15) is 5.56 Å². The van der Waals surface area contributed by atoms with Crippen LogP contribution >= 0.6 is 11.6 Å². The Labute approximate surface area is 148 Å². The third-order valence-electron chi connectivity index (χ3n) is 4.30.